The molecule has 0 aliphatic carbocycles. The van der Waals surface area contributed by atoms with E-state index in [2.05, 4.69) is 368 Å². The van der Waals surface area contributed by atoms with Gasteiger partial charge in [0.2, 0.25) is 0 Å². The molecule has 13 heteroatoms. The average molecular weight is 1530 g/mol. The van der Waals surface area contributed by atoms with Crippen LogP contribution >= 0.6 is 0 Å². The molecule has 0 atom stereocenters. The van der Waals surface area contributed by atoms with E-state index < -0.39 is 0 Å². The Balaban J connectivity index is 0.000000168. The van der Waals surface area contributed by atoms with Crippen molar-refractivity contribution < 1.29 is 0 Å². The number of aryl methyl sites for hydroxylation is 6. The van der Waals surface area contributed by atoms with Crippen LogP contribution in [0.15, 0.2) is 262 Å². The van der Waals surface area contributed by atoms with Crippen LogP contribution in [0.2, 0.25) is 0 Å². The molecule has 4 aromatic carbocycles. The van der Waals surface area contributed by atoms with Gasteiger partial charge in [-0.3, -0.25) is 44.9 Å². The first-order valence-electron chi connectivity index (χ1n) is 40.3. The molecule has 0 saturated carbocycles. The van der Waals surface area contributed by atoms with Crippen LogP contribution in [-0.2, 0) is 5.41 Å². The van der Waals surface area contributed by atoms with Crippen molar-refractivity contribution in [1.29, 1.82) is 0 Å². The lowest BCUT2D eigenvalue weighted by molar-refractivity contribution is 0.590. The average Bonchev–Trinajstić information content (AvgIpc) is 0.832. The Morgan fingerprint density at radius 1 is 0.217 bits per heavy atom. The van der Waals surface area contributed by atoms with Gasteiger partial charge in [-0.15, -0.1) is 0 Å². The highest BCUT2D eigenvalue weighted by molar-refractivity contribution is 5.64. The minimum absolute atomic E-state index is 0.200. The minimum atomic E-state index is 0.200. The fourth-order valence-corrected chi connectivity index (χ4v) is 11.3. The van der Waals surface area contributed by atoms with Gasteiger partial charge in [-0.25, -0.2) is 19.9 Å². The fraction of sp³-hybridized carbons (Fsp3) is 0.304. The maximum atomic E-state index is 4.73. The highest BCUT2D eigenvalue weighted by Crippen LogP contribution is 2.29. The van der Waals surface area contributed by atoms with E-state index >= 15 is 0 Å². The van der Waals surface area contributed by atoms with Crippen LogP contribution < -0.4 is 0 Å². The molecule has 0 unspecified atom stereocenters. The second-order valence-electron chi connectivity index (χ2n) is 32.3. The van der Waals surface area contributed by atoms with Gasteiger partial charge in [0.25, 0.3) is 0 Å². The van der Waals surface area contributed by atoms with E-state index in [1.54, 1.807) is 18.6 Å². The number of pyridine rings is 7. The third kappa shape index (κ3) is 28.3. The molecule has 10 heterocycles. The molecule has 592 valence electrons. The van der Waals surface area contributed by atoms with Crippen molar-refractivity contribution in [3.05, 3.63) is 341 Å². The summed E-state index contributed by atoms with van der Waals surface area (Å²) in [4.78, 5) is 57.9. The molecule has 0 amide bonds. The molecule has 0 fully saturated rings. The Morgan fingerprint density at radius 3 is 0.748 bits per heavy atom. The molecule has 14 aromatic rings. The van der Waals surface area contributed by atoms with Gasteiger partial charge in [0.05, 0.1) is 57.9 Å². The van der Waals surface area contributed by atoms with Crippen LogP contribution in [-0.4, -0.2) is 64.8 Å². The normalized spacial score (nSPS) is 10.9. The van der Waals surface area contributed by atoms with E-state index in [4.69, 9.17) is 4.98 Å². The molecule has 14 rings (SSSR count). The summed E-state index contributed by atoms with van der Waals surface area (Å²) in [5, 5.41) is 0. The van der Waals surface area contributed by atoms with Crippen molar-refractivity contribution in [1.82, 2.24) is 64.8 Å². The summed E-state index contributed by atoms with van der Waals surface area (Å²) in [5.41, 5.74) is 29.9. The third-order valence-corrected chi connectivity index (χ3v) is 18.9. The quantitative estimate of drug-likeness (QED) is 0.101. The predicted molar refractivity (Wildman–Crippen MR) is 480 cm³/mol. The predicted octanol–water partition coefficient (Wildman–Crippen LogP) is 26.6. The smallest absolute Gasteiger partial charge is 0.160 e. The molecule has 0 bridgehead atoms. The van der Waals surface area contributed by atoms with Crippen molar-refractivity contribution in [2.75, 3.05) is 0 Å². The van der Waals surface area contributed by atoms with Crippen LogP contribution in [0.5, 0.6) is 0 Å². The van der Waals surface area contributed by atoms with Crippen LogP contribution in [0, 0.1) is 41.5 Å². The zero-order valence-electron chi connectivity index (χ0n) is 72.2. The van der Waals surface area contributed by atoms with Crippen LogP contribution in [0.25, 0.3) is 78.9 Å². The van der Waals surface area contributed by atoms with Crippen LogP contribution in [0.1, 0.15) is 238 Å². The van der Waals surface area contributed by atoms with Gasteiger partial charge >= 0.3 is 0 Å². The van der Waals surface area contributed by atoms with E-state index in [1.165, 1.54) is 44.5 Å². The summed E-state index contributed by atoms with van der Waals surface area (Å²) in [5.74, 6) is 3.85. The fourth-order valence-electron chi connectivity index (χ4n) is 11.3. The van der Waals surface area contributed by atoms with Crippen molar-refractivity contribution in [3.8, 4) is 78.9 Å². The Kier molecular flexibility index (Phi) is 33.5. The molecular weight excluding hydrogens is 1410 g/mol. The molecule has 0 spiro atoms. The zero-order chi connectivity index (χ0) is 83.3. The van der Waals surface area contributed by atoms with E-state index in [-0.39, 0.29) is 5.41 Å². The second-order valence-corrected chi connectivity index (χ2v) is 32.3. The van der Waals surface area contributed by atoms with Crippen molar-refractivity contribution >= 4 is 0 Å². The summed E-state index contributed by atoms with van der Waals surface area (Å²) in [6.07, 6.45) is 14.5. The highest BCUT2D eigenvalue weighted by atomic mass is 14.9. The van der Waals surface area contributed by atoms with Gasteiger partial charge in [0.15, 0.2) is 5.82 Å². The first-order valence-corrected chi connectivity index (χ1v) is 40.3. The van der Waals surface area contributed by atoms with Crippen molar-refractivity contribution in [3.63, 3.8) is 0 Å². The third-order valence-electron chi connectivity index (χ3n) is 18.9. The molecule has 115 heavy (non-hydrogen) atoms. The Bertz CT molecular complexity index is 4520. The first-order chi connectivity index (χ1) is 54.9. The molecule has 0 aliphatic rings. The number of nitrogens with zero attached hydrogens (tertiary/aromatic N) is 13. The lowest BCUT2D eigenvalue weighted by atomic mass is 9.86. The second kappa shape index (κ2) is 43.4. The summed E-state index contributed by atoms with van der Waals surface area (Å²) in [7, 11) is 0. The number of hydrogen-bond donors (Lipinski definition) is 0. The molecule has 0 radical (unpaired) electrons. The Morgan fingerprint density at radius 2 is 0.478 bits per heavy atom. The highest BCUT2D eigenvalue weighted by Gasteiger charge is 2.15. The largest absolute Gasteiger partial charge is 0.261 e. The van der Waals surface area contributed by atoms with Crippen molar-refractivity contribution in [2.24, 2.45) is 0 Å². The molecule has 0 aliphatic heterocycles. The van der Waals surface area contributed by atoms with Gasteiger partial charge in [-0.2, -0.15) is 0 Å². The van der Waals surface area contributed by atoms with E-state index in [9.17, 15) is 0 Å². The molecule has 0 saturated heterocycles. The maximum absolute atomic E-state index is 4.73. The van der Waals surface area contributed by atoms with Crippen LogP contribution in [0.3, 0.4) is 0 Å². The van der Waals surface area contributed by atoms with Gasteiger partial charge in [0, 0.05) is 122 Å². The van der Waals surface area contributed by atoms with Gasteiger partial charge < -0.3 is 0 Å². The van der Waals surface area contributed by atoms with E-state index in [0.717, 1.165) is 114 Å². The minimum Gasteiger partial charge on any atom is -0.261 e. The lowest BCUT2D eigenvalue weighted by Gasteiger charge is -2.19. The van der Waals surface area contributed by atoms with E-state index in [1.807, 2.05) is 94.2 Å². The van der Waals surface area contributed by atoms with Gasteiger partial charge in [0.1, 0.15) is 0 Å². The molecule has 0 N–H and O–H groups in total. The zero-order valence-corrected chi connectivity index (χ0v) is 72.2. The number of aromatic nitrogens is 13. The Labute approximate surface area is 686 Å². The maximum Gasteiger partial charge on any atom is 0.160 e. The summed E-state index contributed by atoms with van der Waals surface area (Å²) in [6, 6.07) is 73.2. The standard InChI is InChI=1S/C18H23N.3C15H17N.3C13H15N3/c1-13(2)16-7-6-8-17(19-16)14-9-11-15(12-10-14)18(3,4)5;3*1-11(2)14-5-4-6-15(16-14)13-9-7-12(3)8-10-13;2*1-9(2)12-7-14-8-13(16-12)11-5-4-10(3)15-6-11;1-9(2)12-6-7-14-13(16-12)11-5-4-10(3)15-8-11/h6-13H,1-5H3;3*4-11H,1-3H3;3*4-9H,1-3H3. The number of benzene rings is 4. The number of hydrogen-bond acceptors (Lipinski definition) is 13. The van der Waals surface area contributed by atoms with Gasteiger partial charge in [-0.1, -0.05) is 256 Å². The molecular formula is C102H119N13. The van der Waals surface area contributed by atoms with E-state index in [0.29, 0.717) is 41.4 Å². The monoisotopic (exact) mass is 1530 g/mol. The SMILES string of the molecule is CC(C)c1cccc(-c2ccc(C(C)(C)C)cc2)n1.Cc1ccc(-c2cccc(C(C)C)n2)cc1.Cc1ccc(-c2cccc(C(C)C)n2)cc1.Cc1ccc(-c2cccc(C(C)C)n2)cc1.Cc1ccc(-c2cncc(C(C)C)n2)cn1.Cc1ccc(-c2cncc(C(C)C)n2)cn1.Cc1ccc(-c2nccc(C(C)C)n2)cn1. The molecule has 10 aromatic heterocycles. The topological polar surface area (TPSA) is 168 Å². The summed E-state index contributed by atoms with van der Waals surface area (Å²) in [6.45, 7) is 49.0. The lowest BCUT2D eigenvalue weighted by Crippen LogP contribution is -2.10. The number of rotatable bonds is 14. The summed E-state index contributed by atoms with van der Waals surface area (Å²) < 4.78 is 0. The Hall–Kier alpha value is -11.8. The van der Waals surface area contributed by atoms with Gasteiger partial charge in [-0.05, 0) is 185 Å². The van der Waals surface area contributed by atoms with Crippen molar-refractivity contribution in [2.45, 2.75) is 206 Å². The van der Waals surface area contributed by atoms with Crippen LogP contribution in [0.4, 0.5) is 0 Å². The first kappa shape index (κ1) is 88.7. The summed E-state index contributed by atoms with van der Waals surface area (Å²) >= 11 is 0. The molecule has 13 nitrogen and oxygen atoms in total.